The smallest absolute Gasteiger partial charge is 0.149 e. The molecule has 0 N–H and O–H groups in total. The molecule has 0 saturated heterocycles. The van der Waals surface area contributed by atoms with Gasteiger partial charge in [-0.05, 0) is 102 Å². The molecule has 7 heteroatoms. The zero-order chi connectivity index (χ0) is 35.1. The Hall–Kier alpha value is -6.70. The Bertz CT molecular complexity index is 2190. The van der Waals surface area contributed by atoms with E-state index in [9.17, 15) is 10.5 Å². The predicted octanol–water partition coefficient (Wildman–Crippen LogP) is 11.2. The van der Waals surface area contributed by atoms with Crippen molar-refractivity contribution in [3.8, 4) is 63.9 Å². The lowest BCUT2D eigenvalue weighted by atomic mass is 9.78. The van der Waals surface area contributed by atoms with Crippen LogP contribution in [0.3, 0.4) is 0 Å². The Kier molecular flexibility index (Phi) is 9.70. The molecular formula is C43H34N2O5. The molecular weight excluding hydrogens is 624 g/mol. The third kappa shape index (κ3) is 7.39. The van der Waals surface area contributed by atoms with Crippen molar-refractivity contribution in [3.05, 3.63) is 161 Å². The van der Waals surface area contributed by atoms with E-state index in [0.29, 0.717) is 57.3 Å². The van der Waals surface area contributed by atoms with Crippen LogP contribution < -0.4 is 23.7 Å². The van der Waals surface area contributed by atoms with Crippen LogP contribution in [-0.2, 0) is 5.41 Å². The Morgan fingerprint density at radius 3 is 1.38 bits per heavy atom. The summed E-state index contributed by atoms with van der Waals surface area (Å²) in [7, 11) is 1.60. The fraction of sp³-hybridized carbons (Fsp3) is 0.116. The molecule has 0 bridgehead atoms. The average Bonchev–Trinajstić information content (AvgIpc) is 3.13. The zero-order valence-electron chi connectivity index (χ0n) is 28.1. The van der Waals surface area contributed by atoms with Crippen molar-refractivity contribution in [1.82, 2.24) is 0 Å². The van der Waals surface area contributed by atoms with E-state index in [-0.39, 0.29) is 11.0 Å². The molecule has 0 unspecified atom stereocenters. The molecule has 0 spiro atoms. The third-order valence-corrected chi connectivity index (χ3v) is 8.38. The van der Waals surface area contributed by atoms with Gasteiger partial charge in [-0.3, -0.25) is 0 Å². The van der Waals surface area contributed by atoms with E-state index in [1.54, 1.807) is 67.8 Å². The van der Waals surface area contributed by atoms with E-state index in [2.05, 4.69) is 38.1 Å². The quantitative estimate of drug-likeness (QED) is 0.137. The van der Waals surface area contributed by atoms with E-state index in [1.165, 1.54) is 0 Å². The topological polar surface area (TPSA) is 93.7 Å². The molecule has 0 amide bonds. The highest BCUT2D eigenvalue weighted by atomic mass is 16.5. The highest BCUT2D eigenvalue weighted by Gasteiger charge is 2.23. The van der Waals surface area contributed by atoms with Crippen molar-refractivity contribution < 1.29 is 23.7 Å². The van der Waals surface area contributed by atoms with Gasteiger partial charge in [-0.2, -0.15) is 10.5 Å². The van der Waals surface area contributed by atoms with Gasteiger partial charge in [-0.25, -0.2) is 0 Å². The first kappa shape index (κ1) is 33.2. The SMILES string of the molecule is COc1ccc(Oc2cccc(Oc3cccc(Oc4ccc(C(C)(C)c5ccc(Oc6cccc(C)c6C#N)cc5)cc4)c3)c2C#N)cc1. The molecule has 7 nitrogen and oxygen atoms in total. The van der Waals surface area contributed by atoms with E-state index in [1.807, 2.05) is 67.6 Å². The van der Waals surface area contributed by atoms with Gasteiger partial charge in [0.15, 0.2) is 0 Å². The monoisotopic (exact) mass is 658 g/mol. The maximum atomic E-state index is 9.96. The molecule has 50 heavy (non-hydrogen) atoms. The molecule has 6 aromatic rings. The number of benzene rings is 6. The first-order valence-corrected chi connectivity index (χ1v) is 16.0. The second-order valence-corrected chi connectivity index (χ2v) is 12.0. The van der Waals surface area contributed by atoms with Crippen LogP contribution in [0.2, 0.25) is 0 Å². The Labute approximate surface area is 292 Å². The van der Waals surface area contributed by atoms with Crippen molar-refractivity contribution >= 4 is 0 Å². The summed E-state index contributed by atoms with van der Waals surface area (Å²) in [6, 6.07) is 45.6. The van der Waals surface area contributed by atoms with Crippen LogP contribution in [-0.4, -0.2) is 7.11 Å². The molecule has 0 fully saturated rings. The molecule has 0 aliphatic carbocycles. The van der Waals surface area contributed by atoms with Gasteiger partial charge >= 0.3 is 0 Å². The number of nitriles is 2. The van der Waals surface area contributed by atoms with Gasteiger partial charge in [0.1, 0.15) is 69.4 Å². The summed E-state index contributed by atoms with van der Waals surface area (Å²) < 4.78 is 29.6. The fourth-order valence-electron chi connectivity index (χ4n) is 5.47. The summed E-state index contributed by atoms with van der Waals surface area (Å²) >= 11 is 0. The lowest BCUT2D eigenvalue weighted by Crippen LogP contribution is -2.18. The second kappa shape index (κ2) is 14.6. The van der Waals surface area contributed by atoms with E-state index < -0.39 is 0 Å². The number of hydrogen-bond donors (Lipinski definition) is 0. The fourth-order valence-corrected chi connectivity index (χ4v) is 5.47. The highest BCUT2D eigenvalue weighted by Crippen LogP contribution is 2.38. The number of nitrogens with zero attached hydrogens (tertiary/aromatic N) is 2. The molecule has 0 heterocycles. The van der Waals surface area contributed by atoms with Crippen molar-refractivity contribution in [3.63, 3.8) is 0 Å². The van der Waals surface area contributed by atoms with Gasteiger partial charge < -0.3 is 23.7 Å². The largest absolute Gasteiger partial charge is 0.497 e. The van der Waals surface area contributed by atoms with Gasteiger partial charge in [-0.15, -0.1) is 0 Å². The first-order valence-electron chi connectivity index (χ1n) is 16.0. The molecule has 0 aliphatic rings. The molecule has 0 atom stereocenters. The molecule has 0 radical (unpaired) electrons. The summed E-state index contributed by atoms with van der Waals surface area (Å²) in [6.45, 7) is 6.23. The molecule has 246 valence electrons. The highest BCUT2D eigenvalue weighted by molar-refractivity contribution is 5.56. The number of hydrogen-bond acceptors (Lipinski definition) is 7. The van der Waals surface area contributed by atoms with Crippen LogP contribution in [0, 0.1) is 29.6 Å². The number of aryl methyl sites for hydroxylation is 1. The summed E-state index contributed by atoms with van der Waals surface area (Å²) in [4.78, 5) is 0. The lowest BCUT2D eigenvalue weighted by Gasteiger charge is -2.26. The van der Waals surface area contributed by atoms with Gasteiger partial charge in [0, 0.05) is 11.5 Å². The standard InChI is InChI=1S/C43H34N2O5/c1-29-8-5-11-40(38(29)27-44)48-34-20-16-31(17-21-34)43(2,3)30-14-18-33(19-15-30)47-36-9-6-10-37(26-36)50-42-13-7-12-41(39(42)28-45)49-35-24-22-32(46-4)23-25-35/h5-26H,1-4H3. The van der Waals surface area contributed by atoms with Gasteiger partial charge in [0.05, 0.1) is 12.7 Å². The predicted molar refractivity (Wildman–Crippen MR) is 192 cm³/mol. The molecule has 6 rings (SSSR count). The van der Waals surface area contributed by atoms with E-state index >= 15 is 0 Å². The van der Waals surface area contributed by atoms with Crippen LogP contribution in [0.4, 0.5) is 0 Å². The molecule has 0 aliphatic heterocycles. The normalized spacial score (nSPS) is 10.8. The number of rotatable bonds is 11. The zero-order valence-corrected chi connectivity index (χ0v) is 28.1. The minimum atomic E-state index is -0.296. The summed E-state index contributed by atoms with van der Waals surface area (Å²) in [5.41, 5.74) is 3.62. The summed E-state index contributed by atoms with van der Waals surface area (Å²) in [6.07, 6.45) is 0. The maximum absolute atomic E-state index is 9.96. The minimum Gasteiger partial charge on any atom is -0.497 e. The Morgan fingerprint density at radius 1 is 0.460 bits per heavy atom. The van der Waals surface area contributed by atoms with Gasteiger partial charge in [0.2, 0.25) is 0 Å². The summed E-state index contributed by atoms with van der Waals surface area (Å²) in [5.74, 6) is 5.01. The van der Waals surface area contributed by atoms with Gasteiger partial charge in [-0.1, -0.05) is 62.4 Å². The lowest BCUT2D eigenvalue weighted by molar-refractivity contribution is 0.412. The second-order valence-electron chi connectivity index (χ2n) is 12.0. The Morgan fingerprint density at radius 2 is 0.860 bits per heavy atom. The summed E-state index contributed by atoms with van der Waals surface area (Å²) in [5, 5.41) is 19.5. The molecule has 6 aromatic carbocycles. The van der Waals surface area contributed by atoms with Crippen molar-refractivity contribution in [2.24, 2.45) is 0 Å². The van der Waals surface area contributed by atoms with Crippen LogP contribution in [0.5, 0.6) is 51.7 Å². The van der Waals surface area contributed by atoms with Crippen molar-refractivity contribution in [2.45, 2.75) is 26.2 Å². The van der Waals surface area contributed by atoms with Gasteiger partial charge in [0.25, 0.3) is 0 Å². The minimum absolute atomic E-state index is 0.273. The first-order chi connectivity index (χ1) is 24.3. The number of methoxy groups -OCH3 is 1. The maximum Gasteiger partial charge on any atom is 0.149 e. The van der Waals surface area contributed by atoms with Crippen LogP contribution in [0.25, 0.3) is 0 Å². The van der Waals surface area contributed by atoms with Crippen LogP contribution >= 0.6 is 0 Å². The molecule has 0 aromatic heterocycles. The van der Waals surface area contributed by atoms with Crippen LogP contribution in [0.15, 0.2) is 133 Å². The van der Waals surface area contributed by atoms with Crippen LogP contribution in [0.1, 0.15) is 41.7 Å². The van der Waals surface area contributed by atoms with E-state index in [4.69, 9.17) is 23.7 Å². The molecule has 0 saturated carbocycles. The van der Waals surface area contributed by atoms with E-state index in [0.717, 1.165) is 16.7 Å². The van der Waals surface area contributed by atoms with Crippen molar-refractivity contribution in [2.75, 3.05) is 7.11 Å². The number of ether oxygens (including phenoxy) is 5. The van der Waals surface area contributed by atoms with Crippen molar-refractivity contribution in [1.29, 1.82) is 10.5 Å². The third-order valence-electron chi connectivity index (χ3n) is 8.38. The average molecular weight is 659 g/mol. The Balaban J connectivity index is 1.12.